The van der Waals surface area contributed by atoms with Crippen molar-refractivity contribution in [3.8, 4) is 0 Å². The van der Waals surface area contributed by atoms with E-state index in [9.17, 15) is 9.59 Å². The van der Waals surface area contributed by atoms with E-state index < -0.39 is 0 Å². The first-order valence-electron chi connectivity index (χ1n) is 9.23. The molecule has 2 N–H and O–H groups in total. The molecule has 1 saturated heterocycles. The fourth-order valence-corrected chi connectivity index (χ4v) is 3.66. The highest BCUT2D eigenvalue weighted by atomic mass is 35.5. The normalized spacial score (nSPS) is 15.0. The van der Waals surface area contributed by atoms with E-state index >= 15 is 0 Å². The van der Waals surface area contributed by atoms with E-state index in [4.69, 9.17) is 11.6 Å². The van der Waals surface area contributed by atoms with Crippen molar-refractivity contribution in [1.29, 1.82) is 0 Å². The van der Waals surface area contributed by atoms with Gasteiger partial charge < -0.3 is 15.2 Å². The van der Waals surface area contributed by atoms with Crippen LogP contribution in [0.1, 0.15) is 10.4 Å². The summed E-state index contributed by atoms with van der Waals surface area (Å²) in [6, 6.07) is 14.7. The lowest BCUT2D eigenvalue weighted by Crippen LogP contribution is -2.51. The van der Waals surface area contributed by atoms with Crippen molar-refractivity contribution in [1.82, 2.24) is 14.8 Å². The Balaban J connectivity index is 1.31. The standard InChI is InChI=1S/C21H21ClN4O2/c22-15-4-3-5-16(12-15)24-21(28)26-10-8-25(9-11-26)14-20(27)18-13-23-19-7-2-1-6-17(18)19/h1-7,12-13,23H,8-11,14H2,(H,24,28). The predicted molar refractivity (Wildman–Crippen MR) is 111 cm³/mol. The molecule has 0 spiro atoms. The number of nitrogens with zero attached hydrogens (tertiary/aromatic N) is 2. The molecule has 2 heterocycles. The zero-order valence-electron chi connectivity index (χ0n) is 15.3. The van der Waals surface area contributed by atoms with Gasteiger partial charge in [0.1, 0.15) is 0 Å². The van der Waals surface area contributed by atoms with Crippen molar-refractivity contribution in [3.05, 3.63) is 65.3 Å². The number of aromatic amines is 1. The van der Waals surface area contributed by atoms with Gasteiger partial charge in [0, 0.05) is 59.6 Å². The van der Waals surface area contributed by atoms with Crippen LogP contribution in [0.4, 0.5) is 10.5 Å². The van der Waals surface area contributed by atoms with E-state index in [1.807, 2.05) is 24.3 Å². The van der Waals surface area contributed by atoms with Crippen molar-refractivity contribution in [3.63, 3.8) is 0 Å². The van der Waals surface area contributed by atoms with E-state index in [1.165, 1.54) is 0 Å². The summed E-state index contributed by atoms with van der Waals surface area (Å²) in [5.41, 5.74) is 2.36. The van der Waals surface area contributed by atoms with Gasteiger partial charge in [-0.3, -0.25) is 9.69 Å². The molecule has 0 saturated carbocycles. The second kappa shape index (κ2) is 8.04. The maximum atomic E-state index is 12.7. The zero-order chi connectivity index (χ0) is 19.5. The fourth-order valence-electron chi connectivity index (χ4n) is 3.47. The molecular weight excluding hydrogens is 376 g/mol. The molecule has 0 atom stereocenters. The number of anilines is 1. The van der Waals surface area contributed by atoms with Gasteiger partial charge in [0.25, 0.3) is 0 Å². The minimum atomic E-state index is -0.148. The maximum absolute atomic E-state index is 12.7. The van der Waals surface area contributed by atoms with Crippen LogP contribution in [-0.2, 0) is 0 Å². The van der Waals surface area contributed by atoms with Gasteiger partial charge in [0.05, 0.1) is 6.54 Å². The Morgan fingerprint density at radius 2 is 1.82 bits per heavy atom. The second-order valence-electron chi connectivity index (χ2n) is 6.87. The van der Waals surface area contributed by atoms with Gasteiger partial charge in [0.2, 0.25) is 0 Å². The van der Waals surface area contributed by atoms with E-state index in [0.29, 0.717) is 43.4 Å². The molecule has 2 aromatic carbocycles. The lowest BCUT2D eigenvalue weighted by molar-refractivity contribution is 0.0885. The van der Waals surface area contributed by atoms with Gasteiger partial charge in [-0.2, -0.15) is 0 Å². The largest absolute Gasteiger partial charge is 0.360 e. The molecule has 1 aliphatic heterocycles. The average Bonchev–Trinajstić information content (AvgIpc) is 3.13. The maximum Gasteiger partial charge on any atom is 0.321 e. The van der Waals surface area contributed by atoms with Gasteiger partial charge in [-0.05, 0) is 24.3 Å². The van der Waals surface area contributed by atoms with Gasteiger partial charge in [-0.15, -0.1) is 0 Å². The van der Waals surface area contributed by atoms with E-state index in [2.05, 4.69) is 15.2 Å². The predicted octanol–water partition coefficient (Wildman–Crippen LogP) is 3.85. The van der Waals surface area contributed by atoms with E-state index in [-0.39, 0.29) is 11.8 Å². The molecule has 6 nitrogen and oxygen atoms in total. The zero-order valence-corrected chi connectivity index (χ0v) is 16.1. The minimum Gasteiger partial charge on any atom is -0.360 e. The van der Waals surface area contributed by atoms with Crippen molar-refractivity contribution >= 4 is 40.0 Å². The molecule has 144 valence electrons. The minimum absolute atomic E-state index is 0.0919. The van der Waals surface area contributed by atoms with Crippen LogP contribution in [0.25, 0.3) is 10.9 Å². The van der Waals surface area contributed by atoms with Crippen molar-refractivity contribution in [2.24, 2.45) is 0 Å². The number of para-hydroxylation sites is 1. The third-order valence-electron chi connectivity index (χ3n) is 4.99. The summed E-state index contributed by atoms with van der Waals surface area (Å²) in [7, 11) is 0. The van der Waals surface area contributed by atoms with Crippen LogP contribution in [0, 0.1) is 0 Å². The van der Waals surface area contributed by atoms with Gasteiger partial charge in [-0.25, -0.2) is 4.79 Å². The second-order valence-corrected chi connectivity index (χ2v) is 7.31. The number of rotatable bonds is 4. The molecule has 3 aromatic rings. The van der Waals surface area contributed by atoms with Gasteiger partial charge in [-0.1, -0.05) is 35.9 Å². The van der Waals surface area contributed by atoms with Crippen LogP contribution in [0.2, 0.25) is 5.02 Å². The Morgan fingerprint density at radius 1 is 1.04 bits per heavy atom. The van der Waals surface area contributed by atoms with E-state index in [0.717, 1.165) is 16.5 Å². The average molecular weight is 397 g/mol. The molecule has 0 unspecified atom stereocenters. The number of hydrogen-bond donors (Lipinski definition) is 2. The number of ketones is 1. The summed E-state index contributed by atoms with van der Waals surface area (Å²) >= 11 is 5.95. The molecule has 7 heteroatoms. The number of carbonyl (C=O) groups excluding carboxylic acids is 2. The number of piperazine rings is 1. The molecule has 0 aliphatic carbocycles. The summed E-state index contributed by atoms with van der Waals surface area (Å²) in [5.74, 6) is 0.0919. The molecule has 1 aliphatic rings. The molecular formula is C21H21ClN4O2. The SMILES string of the molecule is O=C(CN1CCN(C(=O)Nc2cccc(Cl)c2)CC1)c1c[nH]c2ccccc12. The van der Waals surface area contributed by atoms with Crippen molar-refractivity contribution in [2.75, 3.05) is 38.0 Å². The number of nitrogens with one attached hydrogen (secondary N) is 2. The summed E-state index contributed by atoms with van der Waals surface area (Å²) in [4.78, 5) is 32.1. The number of urea groups is 1. The number of H-pyrrole nitrogens is 1. The summed E-state index contributed by atoms with van der Waals surface area (Å²) in [6.07, 6.45) is 1.78. The van der Waals surface area contributed by atoms with Gasteiger partial charge in [0.15, 0.2) is 5.78 Å². The number of halogens is 1. The monoisotopic (exact) mass is 396 g/mol. The summed E-state index contributed by atoms with van der Waals surface area (Å²) in [6.45, 7) is 2.83. The number of carbonyl (C=O) groups is 2. The number of benzene rings is 2. The third-order valence-corrected chi connectivity index (χ3v) is 5.23. The quantitative estimate of drug-likeness (QED) is 0.658. The number of aromatic nitrogens is 1. The number of fused-ring (bicyclic) bond motifs is 1. The first-order chi connectivity index (χ1) is 13.6. The molecule has 2 amide bonds. The highest BCUT2D eigenvalue weighted by molar-refractivity contribution is 6.30. The molecule has 4 rings (SSSR count). The smallest absolute Gasteiger partial charge is 0.321 e. The van der Waals surface area contributed by atoms with Crippen molar-refractivity contribution in [2.45, 2.75) is 0 Å². The van der Waals surface area contributed by atoms with Crippen LogP contribution in [0.15, 0.2) is 54.7 Å². The highest BCUT2D eigenvalue weighted by Crippen LogP contribution is 2.19. The lowest BCUT2D eigenvalue weighted by Gasteiger charge is -2.34. The first kappa shape index (κ1) is 18.5. The van der Waals surface area contributed by atoms with Crippen LogP contribution in [0.5, 0.6) is 0 Å². The molecule has 1 fully saturated rings. The first-order valence-corrected chi connectivity index (χ1v) is 9.61. The molecule has 1 aromatic heterocycles. The highest BCUT2D eigenvalue weighted by Gasteiger charge is 2.23. The number of amides is 2. The fraction of sp³-hybridized carbons (Fsp3) is 0.238. The van der Waals surface area contributed by atoms with Crippen LogP contribution in [0.3, 0.4) is 0 Å². The molecule has 0 radical (unpaired) electrons. The van der Waals surface area contributed by atoms with Crippen LogP contribution in [-0.4, -0.2) is 59.3 Å². The Hall–Kier alpha value is -2.83. The summed E-state index contributed by atoms with van der Waals surface area (Å²) < 4.78 is 0. The number of Topliss-reactive ketones (excluding diaryl/α,β-unsaturated/α-hetero) is 1. The Labute approximate surface area is 168 Å². The van der Waals surface area contributed by atoms with Crippen molar-refractivity contribution < 1.29 is 9.59 Å². The topological polar surface area (TPSA) is 68.4 Å². The Bertz CT molecular complexity index is 1010. The molecule has 28 heavy (non-hydrogen) atoms. The Kier molecular flexibility index (Phi) is 5.32. The number of hydrogen-bond acceptors (Lipinski definition) is 3. The lowest BCUT2D eigenvalue weighted by atomic mass is 10.1. The molecule has 0 bridgehead atoms. The summed E-state index contributed by atoms with van der Waals surface area (Å²) in [5, 5.41) is 4.40. The van der Waals surface area contributed by atoms with Gasteiger partial charge >= 0.3 is 6.03 Å². The van der Waals surface area contributed by atoms with Crippen LogP contribution >= 0.6 is 11.6 Å². The van der Waals surface area contributed by atoms with E-state index in [1.54, 1.807) is 35.4 Å². The Morgan fingerprint density at radius 3 is 2.61 bits per heavy atom. The third kappa shape index (κ3) is 4.03. The van der Waals surface area contributed by atoms with Crippen LogP contribution < -0.4 is 5.32 Å².